The highest BCUT2D eigenvalue weighted by Gasteiger charge is 2.16. The van der Waals surface area contributed by atoms with E-state index in [2.05, 4.69) is 15.5 Å². The second kappa shape index (κ2) is 7.98. The topological polar surface area (TPSA) is 54.9 Å². The zero-order chi connectivity index (χ0) is 16.9. The van der Waals surface area contributed by atoms with Crippen LogP contribution in [0.25, 0.3) is 0 Å². The van der Waals surface area contributed by atoms with Gasteiger partial charge < -0.3 is 0 Å². The largest absolute Gasteiger partial charge is 0.296 e. The maximum atomic E-state index is 12.3. The van der Waals surface area contributed by atoms with Crippen LogP contribution in [0, 0.1) is 0 Å². The quantitative estimate of drug-likeness (QED) is 0.588. The lowest BCUT2D eigenvalue weighted by Gasteiger charge is -2.05. The summed E-state index contributed by atoms with van der Waals surface area (Å²) in [7, 11) is 0. The molecular weight excluding hydrogens is 385 g/mol. The summed E-state index contributed by atoms with van der Waals surface area (Å²) in [5, 5.41) is 12.6. The minimum atomic E-state index is -0.399. The maximum absolute atomic E-state index is 12.3. The van der Waals surface area contributed by atoms with Crippen LogP contribution in [0.1, 0.15) is 15.4 Å². The number of amides is 1. The smallest absolute Gasteiger partial charge is 0.260 e. The first kappa shape index (κ1) is 17.2. The highest BCUT2D eigenvalue weighted by Crippen LogP contribution is 2.28. The third kappa shape index (κ3) is 4.27. The molecule has 2 aromatic carbocycles. The van der Waals surface area contributed by atoms with Gasteiger partial charge >= 0.3 is 0 Å². The Labute approximate surface area is 157 Å². The highest BCUT2D eigenvalue weighted by atomic mass is 35.5. The highest BCUT2D eigenvalue weighted by molar-refractivity contribution is 7.98. The van der Waals surface area contributed by atoms with E-state index in [0.717, 1.165) is 9.90 Å². The van der Waals surface area contributed by atoms with Gasteiger partial charge in [-0.15, -0.1) is 22.0 Å². The molecular formula is C16H11Cl2N3OS2. The van der Waals surface area contributed by atoms with Gasteiger partial charge in [-0.3, -0.25) is 10.1 Å². The first-order chi connectivity index (χ1) is 11.6. The number of benzene rings is 2. The van der Waals surface area contributed by atoms with Gasteiger partial charge in [0.25, 0.3) is 5.91 Å². The van der Waals surface area contributed by atoms with Gasteiger partial charge in [-0.1, -0.05) is 58.8 Å². The van der Waals surface area contributed by atoms with E-state index >= 15 is 0 Å². The van der Waals surface area contributed by atoms with E-state index in [-0.39, 0.29) is 5.56 Å². The Morgan fingerprint density at radius 3 is 2.46 bits per heavy atom. The van der Waals surface area contributed by atoms with Crippen molar-refractivity contribution >= 4 is 57.3 Å². The Morgan fingerprint density at radius 1 is 1.04 bits per heavy atom. The van der Waals surface area contributed by atoms with Gasteiger partial charge in [0.05, 0.1) is 21.4 Å². The maximum Gasteiger partial charge on any atom is 0.260 e. The van der Waals surface area contributed by atoms with Gasteiger partial charge in [0, 0.05) is 4.90 Å². The normalized spacial score (nSPS) is 10.6. The van der Waals surface area contributed by atoms with Crippen molar-refractivity contribution in [1.82, 2.24) is 10.2 Å². The molecule has 0 aliphatic carbocycles. The Hall–Kier alpha value is -1.60. The van der Waals surface area contributed by atoms with Gasteiger partial charge in [0.2, 0.25) is 5.13 Å². The third-order valence-electron chi connectivity index (χ3n) is 2.98. The molecule has 8 heteroatoms. The summed E-state index contributed by atoms with van der Waals surface area (Å²) in [6, 6.07) is 14.9. The van der Waals surface area contributed by atoms with Crippen molar-refractivity contribution < 1.29 is 4.79 Å². The standard InChI is InChI=1S/C16H11Cl2N3OS2/c17-11-7-4-8-12(18)14(11)15(22)19-16-21-20-13(24-16)9-23-10-5-2-1-3-6-10/h1-8H,9H2,(H,19,21,22). The first-order valence-electron chi connectivity index (χ1n) is 6.89. The predicted octanol–water partition coefficient (Wildman–Crippen LogP) is 5.39. The number of thioether (sulfide) groups is 1. The number of aromatic nitrogens is 2. The zero-order valence-electron chi connectivity index (χ0n) is 12.2. The van der Waals surface area contributed by atoms with Crippen LogP contribution in [0.3, 0.4) is 0 Å². The molecule has 0 unspecified atom stereocenters. The molecule has 1 heterocycles. The van der Waals surface area contributed by atoms with Crippen molar-refractivity contribution in [2.45, 2.75) is 10.6 Å². The minimum Gasteiger partial charge on any atom is -0.296 e. The van der Waals surface area contributed by atoms with E-state index < -0.39 is 5.91 Å². The number of hydrogen-bond donors (Lipinski definition) is 1. The van der Waals surface area contributed by atoms with Crippen molar-refractivity contribution in [3.8, 4) is 0 Å². The van der Waals surface area contributed by atoms with Crippen molar-refractivity contribution in [3.63, 3.8) is 0 Å². The van der Waals surface area contributed by atoms with Crippen LogP contribution in [0.4, 0.5) is 5.13 Å². The van der Waals surface area contributed by atoms with E-state index in [1.807, 2.05) is 30.3 Å². The summed E-state index contributed by atoms with van der Waals surface area (Å²) in [5.41, 5.74) is 0.233. The van der Waals surface area contributed by atoms with Crippen molar-refractivity contribution in [3.05, 3.63) is 69.1 Å². The van der Waals surface area contributed by atoms with Crippen molar-refractivity contribution in [2.75, 3.05) is 5.32 Å². The number of carbonyl (C=O) groups excluding carboxylic acids is 1. The van der Waals surface area contributed by atoms with Gasteiger partial charge in [-0.2, -0.15) is 0 Å². The summed E-state index contributed by atoms with van der Waals surface area (Å²) in [6.45, 7) is 0. The zero-order valence-corrected chi connectivity index (χ0v) is 15.3. The monoisotopic (exact) mass is 395 g/mol. The molecule has 0 bridgehead atoms. The molecule has 1 N–H and O–H groups in total. The fraction of sp³-hybridized carbons (Fsp3) is 0.0625. The molecule has 122 valence electrons. The molecule has 0 radical (unpaired) electrons. The molecule has 1 amide bonds. The number of rotatable bonds is 5. The minimum absolute atomic E-state index is 0.233. The second-order valence-electron chi connectivity index (χ2n) is 4.65. The molecule has 3 rings (SSSR count). The third-order valence-corrected chi connectivity index (χ3v) is 5.66. The Bertz CT molecular complexity index is 835. The summed E-state index contributed by atoms with van der Waals surface area (Å²) >= 11 is 15.0. The molecule has 0 atom stereocenters. The van der Waals surface area contributed by atoms with Crippen LogP contribution >= 0.6 is 46.3 Å². The molecule has 0 aliphatic heterocycles. The van der Waals surface area contributed by atoms with E-state index in [0.29, 0.717) is 20.9 Å². The summed E-state index contributed by atoms with van der Waals surface area (Å²) < 4.78 is 0. The molecule has 0 fully saturated rings. The Morgan fingerprint density at radius 2 is 1.75 bits per heavy atom. The lowest BCUT2D eigenvalue weighted by Crippen LogP contribution is -2.12. The molecule has 0 aliphatic rings. The van der Waals surface area contributed by atoms with Crippen LogP contribution in [-0.4, -0.2) is 16.1 Å². The number of halogens is 2. The number of nitrogens with one attached hydrogen (secondary N) is 1. The fourth-order valence-corrected chi connectivity index (χ4v) is 4.11. The number of anilines is 1. The van der Waals surface area contributed by atoms with E-state index in [1.54, 1.807) is 30.0 Å². The Balaban J connectivity index is 1.64. The first-order valence-corrected chi connectivity index (χ1v) is 9.45. The molecule has 1 aromatic heterocycles. The predicted molar refractivity (Wildman–Crippen MR) is 100 cm³/mol. The van der Waals surface area contributed by atoms with Crippen LogP contribution in [0.15, 0.2) is 53.4 Å². The van der Waals surface area contributed by atoms with Crippen LogP contribution in [0.2, 0.25) is 10.0 Å². The molecule has 0 spiro atoms. The number of nitrogens with zero attached hydrogens (tertiary/aromatic N) is 2. The van der Waals surface area contributed by atoms with Gasteiger partial charge in [-0.25, -0.2) is 0 Å². The number of carbonyl (C=O) groups is 1. The van der Waals surface area contributed by atoms with E-state index in [4.69, 9.17) is 23.2 Å². The van der Waals surface area contributed by atoms with E-state index in [9.17, 15) is 4.79 Å². The average Bonchev–Trinajstić information content (AvgIpc) is 3.01. The molecule has 0 saturated carbocycles. The molecule has 3 aromatic rings. The van der Waals surface area contributed by atoms with E-state index in [1.165, 1.54) is 11.3 Å². The van der Waals surface area contributed by atoms with Gasteiger partial charge in [0.1, 0.15) is 5.01 Å². The fourth-order valence-electron chi connectivity index (χ4n) is 1.90. The lowest BCUT2D eigenvalue weighted by atomic mass is 10.2. The summed E-state index contributed by atoms with van der Waals surface area (Å²) in [4.78, 5) is 13.5. The summed E-state index contributed by atoms with van der Waals surface area (Å²) in [6.07, 6.45) is 0. The molecule has 4 nitrogen and oxygen atoms in total. The Kier molecular flexibility index (Phi) is 5.73. The van der Waals surface area contributed by atoms with Crippen molar-refractivity contribution in [2.24, 2.45) is 0 Å². The molecule has 24 heavy (non-hydrogen) atoms. The van der Waals surface area contributed by atoms with Gasteiger partial charge in [-0.05, 0) is 24.3 Å². The number of hydrogen-bond acceptors (Lipinski definition) is 5. The second-order valence-corrected chi connectivity index (χ2v) is 7.58. The van der Waals surface area contributed by atoms with Crippen LogP contribution in [-0.2, 0) is 5.75 Å². The van der Waals surface area contributed by atoms with Crippen LogP contribution < -0.4 is 5.32 Å². The van der Waals surface area contributed by atoms with Crippen LogP contribution in [0.5, 0.6) is 0 Å². The summed E-state index contributed by atoms with van der Waals surface area (Å²) in [5.74, 6) is 0.286. The van der Waals surface area contributed by atoms with Gasteiger partial charge in [0.15, 0.2) is 0 Å². The SMILES string of the molecule is O=C(Nc1nnc(CSc2ccccc2)s1)c1c(Cl)cccc1Cl. The molecule has 0 saturated heterocycles. The van der Waals surface area contributed by atoms with Crippen molar-refractivity contribution in [1.29, 1.82) is 0 Å². The lowest BCUT2D eigenvalue weighted by molar-refractivity contribution is 0.102. The average molecular weight is 396 g/mol.